The highest BCUT2D eigenvalue weighted by molar-refractivity contribution is 6.31. The summed E-state index contributed by atoms with van der Waals surface area (Å²) in [4.78, 5) is 26.1. The van der Waals surface area contributed by atoms with Gasteiger partial charge in [-0.25, -0.2) is 0 Å². The number of amides is 1. The topological polar surface area (TPSA) is 92.4 Å². The molecule has 0 atom stereocenters. The van der Waals surface area contributed by atoms with Crippen LogP contribution in [0.25, 0.3) is 0 Å². The lowest BCUT2D eigenvalue weighted by Gasteiger charge is -2.00. The molecule has 7 heteroatoms. The van der Waals surface area contributed by atoms with Gasteiger partial charge in [0.25, 0.3) is 5.91 Å². The van der Waals surface area contributed by atoms with Crippen molar-refractivity contribution in [3.63, 3.8) is 0 Å². The minimum Gasteiger partial charge on any atom is -0.481 e. The largest absolute Gasteiger partial charge is 0.481 e. The molecule has 0 bridgehead atoms. The molecule has 98 valence electrons. The van der Waals surface area contributed by atoms with Gasteiger partial charge in [-0.05, 0) is 18.2 Å². The number of hydrogen-bond acceptors (Lipinski definition) is 4. The van der Waals surface area contributed by atoms with E-state index in [1.165, 1.54) is 12.3 Å². The molecule has 0 aliphatic rings. The summed E-state index contributed by atoms with van der Waals surface area (Å²) in [5, 5.41) is 11.4. The molecule has 6 nitrogen and oxygen atoms in total. The Bertz CT molecular complexity index is 624. The van der Waals surface area contributed by atoms with E-state index in [1.807, 2.05) is 0 Å². The van der Waals surface area contributed by atoms with Crippen molar-refractivity contribution in [3.8, 4) is 0 Å². The van der Waals surface area contributed by atoms with Gasteiger partial charge in [0.1, 0.15) is 6.26 Å². The first-order valence-corrected chi connectivity index (χ1v) is 5.65. The van der Waals surface area contributed by atoms with Crippen molar-refractivity contribution in [2.45, 2.75) is 6.42 Å². The number of rotatable bonds is 4. The Kier molecular flexibility index (Phi) is 3.82. The van der Waals surface area contributed by atoms with Crippen molar-refractivity contribution in [1.82, 2.24) is 4.98 Å². The molecule has 0 radical (unpaired) electrons. The average Bonchev–Trinajstić information content (AvgIpc) is 2.75. The lowest BCUT2D eigenvalue weighted by atomic mass is 10.2. The molecule has 0 fully saturated rings. The molecule has 2 aromatic rings. The van der Waals surface area contributed by atoms with Gasteiger partial charge in [-0.15, -0.1) is 0 Å². The number of aliphatic carboxylic acids is 1. The third-order valence-electron chi connectivity index (χ3n) is 2.19. The second kappa shape index (κ2) is 5.53. The Morgan fingerprint density at radius 3 is 2.89 bits per heavy atom. The van der Waals surface area contributed by atoms with Crippen molar-refractivity contribution in [3.05, 3.63) is 46.8 Å². The number of carboxylic acids is 1. The Labute approximate surface area is 113 Å². The molecule has 1 aromatic heterocycles. The van der Waals surface area contributed by atoms with Gasteiger partial charge >= 0.3 is 12.0 Å². The quantitative estimate of drug-likeness (QED) is 0.896. The molecule has 0 unspecified atom stereocenters. The number of oxazole rings is 1. The number of carbonyl (C=O) groups is 2. The smallest absolute Gasteiger partial charge is 0.309 e. The molecule has 0 saturated heterocycles. The summed E-state index contributed by atoms with van der Waals surface area (Å²) in [6.45, 7) is 0. The van der Waals surface area contributed by atoms with Gasteiger partial charge in [0.2, 0.25) is 0 Å². The minimum absolute atomic E-state index is 0.0544. The molecule has 19 heavy (non-hydrogen) atoms. The molecular weight excluding hydrogens is 272 g/mol. The van der Waals surface area contributed by atoms with E-state index in [2.05, 4.69) is 10.3 Å². The Balaban J connectivity index is 2.06. The van der Waals surface area contributed by atoms with Crippen LogP contribution in [0.1, 0.15) is 16.1 Å². The summed E-state index contributed by atoms with van der Waals surface area (Å²) in [7, 11) is 0. The molecule has 0 spiro atoms. The van der Waals surface area contributed by atoms with Gasteiger partial charge in [-0.3, -0.25) is 14.9 Å². The predicted molar refractivity (Wildman–Crippen MR) is 67.2 cm³/mol. The van der Waals surface area contributed by atoms with E-state index in [9.17, 15) is 9.59 Å². The fraction of sp³-hybridized carbons (Fsp3) is 0.0833. The molecule has 1 aromatic carbocycles. The van der Waals surface area contributed by atoms with E-state index < -0.39 is 11.9 Å². The Morgan fingerprint density at radius 2 is 2.21 bits per heavy atom. The number of carboxylic acid groups (broad SMARTS) is 1. The summed E-state index contributed by atoms with van der Waals surface area (Å²) in [5.41, 5.74) is 0.583. The third kappa shape index (κ3) is 3.56. The second-order valence-electron chi connectivity index (χ2n) is 3.68. The summed E-state index contributed by atoms with van der Waals surface area (Å²) < 4.78 is 4.95. The third-order valence-corrected chi connectivity index (χ3v) is 2.43. The van der Waals surface area contributed by atoms with E-state index in [0.717, 1.165) is 0 Å². The molecule has 1 heterocycles. The zero-order chi connectivity index (χ0) is 13.8. The fourth-order valence-electron chi connectivity index (χ4n) is 1.40. The molecular formula is C12H9ClN2O4. The number of hydrogen-bond donors (Lipinski definition) is 2. The number of nitrogens with zero attached hydrogens (tertiary/aromatic N) is 1. The van der Waals surface area contributed by atoms with Crippen molar-refractivity contribution < 1.29 is 19.1 Å². The standard InChI is InChI=1S/C12H9ClN2O4/c13-8-3-1-2-7(4-8)11(18)15-12-14-9(6-19-12)5-10(16)17/h1-4,6H,5H2,(H,16,17)(H,14,15,18). The number of carbonyl (C=O) groups excluding carboxylic acids is 1. The molecule has 2 N–H and O–H groups in total. The lowest BCUT2D eigenvalue weighted by molar-refractivity contribution is -0.136. The number of benzene rings is 1. The van der Waals surface area contributed by atoms with Crippen LogP contribution in [0.5, 0.6) is 0 Å². The van der Waals surface area contributed by atoms with Crippen LogP contribution < -0.4 is 5.32 Å². The minimum atomic E-state index is -1.03. The van der Waals surface area contributed by atoms with Crippen LogP contribution in [-0.2, 0) is 11.2 Å². The van der Waals surface area contributed by atoms with Crippen LogP contribution in [0.2, 0.25) is 5.02 Å². The van der Waals surface area contributed by atoms with Crippen LogP contribution in [-0.4, -0.2) is 22.0 Å². The number of nitrogens with one attached hydrogen (secondary N) is 1. The van der Waals surface area contributed by atoms with Crippen molar-refractivity contribution in [2.24, 2.45) is 0 Å². The van der Waals surface area contributed by atoms with Crippen LogP contribution in [0.4, 0.5) is 6.01 Å². The molecule has 0 aliphatic heterocycles. The highest BCUT2D eigenvalue weighted by Gasteiger charge is 2.12. The second-order valence-corrected chi connectivity index (χ2v) is 4.12. The summed E-state index contributed by atoms with van der Waals surface area (Å²) >= 11 is 5.77. The fourth-order valence-corrected chi connectivity index (χ4v) is 1.59. The van der Waals surface area contributed by atoms with Crippen molar-refractivity contribution >= 4 is 29.5 Å². The Morgan fingerprint density at radius 1 is 1.42 bits per heavy atom. The molecule has 1 amide bonds. The van der Waals surface area contributed by atoms with Crippen molar-refractivity contribution in [2.75, 3.05) is 5.32 Å². The van der Waals surface area contributed by atoms with Gasteiger partial charge < -0.3 is 9.52 Å². The zero-order valence-corrected chi connectivity index (χ0v) is 10.3. The first-order valence-electron chi connectivity index (χ1n) is 5.28. The van der Waals surface area contributed by atoms with E-state index >= 15 is 0 Å². The summed E-state index contributed by atoms with van der Waals surface area (Å²) in [6, 6.07) is 6.32. The normalized spacial score (nSPS) is 10.2. The van der Waals surface area contributed by atoms with Gasteiger partial charge in [0.15, 0.2) is 0 Å². The lowest BCUT2D eigenvalue weighted by Crippen LogP contribution is -2.12. The monoisotopic (exact) mass is 280 g/mol. The van der Waals surface area contributed by atoms with E-state index in [4.69, 9.17) is 21.1 Å². The summed E-state index contributed by atoms with van der Waals surface area (Å²) in [6.07, 6.45) is 0.915. The molecule has 0 saturated carbocycles. The van der Waals surface area contributed by atoms with Crippen LogP contribution >= 0.6 is 11.6 Å². The maximum Gasteiger partial charge on any atom is 0.309 e. The van der Waals surface area contributed by atoms with Gasteiger partial charge in [0, 0.05) is 10.6 Å². The molecule has 2 rings (SSSR count). The zero-order valence-electron chi connectivity index (χ0n) is 9.59. The van der Waals surface area contributed by atoms with Gasteiger partial charge in [0.05, 0.1) is 12.1 Å². The SMILES string of the molecule is O=C(O)Cc1coc(NC(=O)c2cccc(Cl)c2)n1. The number of aromatic nitrogens is 1. The van der Waals surface area contributed by atoms with Gasteiger partial charge in [-0.2, -0.15) is 4.98 Å². The van der Waals surface area contributed by atoms with Crippen molar-refractivity contribution in [1.29, 1.82) is 0 Å². The van der Waals surface area contributed by atoms with Gasteiger partial charge in [-0.1, -0.05) is 17.7 Å². The summed E-state index contributed by atoms with van der Waals surface area (Å²) in [5.74, 6) is -1.47. The van der Waals surface area contributed by atoms with Crippen LogP contribution in [0.3, 0.4) is 0 Å². The van der Waals surface area contributed by atoms with Crippen LogP contribution in [0.15, 0.2) is 34.9 Å². The average molecular weight is 281 g/mol. The first kappa shape index (κ1) is 13.1. The highest BCUT2D eigenvalue weighted by Crippen LogP contribution is 2.13. The number of halogens is 1. The van der Waals surface area contributed by atoms with Crippen LogP contribution in [0, 0.1) is 0 Å². The maximum absolute atomic E-state index is 11.8. The predicted octanol–water partition coefficient (Wildman–Crippen LogP) is 2.21. The van der Waals surface area contributed by atoms with E-state index in [1.54, 1.807) is 18.2 Å². The first-order chi connectivity index (χ1) is 9.04. The Hall–Kier alpha value is -2.34. The van der Waals surface area contributed by atoms with E-state index in [0.29, 0.717) is 10.6 Å². The van der Waals surface area contributed by atoms with E-state index in [-0.39, 0.29) is 18.1 Å². The molecule has 0 aliphatic carbocycles. The maximum atomic E-state index is 11.8. The number of anilines is 1. The highest BCUT2D eigenvalue weighted by atomic mass is 35.5.